The topological polar surface area (TPSA) is 55.8 Å². The van der Waals surface area contributed by atoms with Crippen LogP contribution in [0.2, 0.25) is 0 Å². The van der Waals surface area contributed by atoms with Crippen LogP contribution < -0.4 is 0 Å². The number of esters is 1. The summed E-state index contributed by atoms with van der Waals surface area (Å²) in [5.41, 5.74) is -0.267. The second kappa shape index (κ2) is 5.85. The van der Waals surface area contributed by atoms with Crippen molar-refractivity contribution < 1.29 is 19.1 Å². The highest BCUT2D eigenvalue weighted by molar-refractivity contribution is 5.72. The van der Waals surface area contributed by atoms with E-state index in [1.807, 2.05) is 25.7 Å². The van der Waals surface area contributed by atoms with Crippen LogP contribution in [0.15, 0.2) is 0 Å². The Morgan fingerprint density at radius 1 is 1.14 bits per heavy atom. The van der Waals surface area contributed by atoms with Crippen molar-refractivity contribution >= 4 is 12.1 Å². The van der Waals surface area contributed by atoms with Gasteiger partial charge in [-0.15, -0.1) is 0 Å². The molecule has 5 heteroatoms. The van der Waals surface area contributed by atoms with Crippen LogP contribution in [-0.4, -0.2) is 42.8 Å². The lowest BCUT2D eigenvalue weighted by molar-refractivity contribution is -0.147. The Morgan fingerprint density at radius 2 is 1.76 bits per heavy atom. The van der Waals surface area contributed by atoms with Gasteiger partial charge in [0, 0.05) is 13.1 Å². The summed E-state index contributed by atoms with van der Waals surface area (Å²) in [6, 6.07) is 0. The molecule has 0 radical (unpaired) electrons. The minimum absolute atomic E-state index is 0.0381. The molecule has 2 rings (SSSR count). The number of nitrogens with zero attached hydrogens (tertiary/aromatic N) is 1. The van der Waals surface area contributed by atoms with Crippen molar-refractivity contribution in [3.8, 4) is 0 Å². The molecule has 120 valence electrons. The third kappa shape index (κ3) is 3.89. The Balaban J connectivity index is 1.88. The highest BCUT2D eigenvalue weighted by atomic mass is 16.6. The summed E-state index contributed by atoms with van der Waals surface area (Å²) < 4.78 is 10.3. The summed E-state index contributed by atoms with van der Waals surface area (Å²) in [4.78, 5) is 25.6. The first kappa shape index (κ1) is 16.1. The van der Waals surface area contributed by atoms with E-state index in [4.69, 9.17) is 9.47 Å². The third-order valence-corrected chi connectivity index (χ3v) is 4.67. The molecule has 21 heavy (non-hydrogen) atoms. The van der Waals surface area contributed by atoms with Gasteiger partial charge in [-0.1, -0.05) is 0 Å². The van der Waals surface area contributed by atoms with Crippen molar-refractivity contribution in [2.45, 2.75) is 58.5 Å². The summed E-state index contributed by atoms with van der Waals surface area (Å²) in [7, 11) is 1.45. The number of likely N-dealkylation sites (tertiary alicyclic amines) is 1. The maximum atomic E-state index is 12.1. The smallest absolute Gasteiger partial charge is 0.410 e. The van der Waals surface area contributed by atoms with Crippen LogP contribution in [0.4, 0.5) is 4.79 Å². The van der Waals surface area contributed by atoms with Gasteiger partial charge in [-0.25, -0.2) is 4.79 Å². The zero-order valence-electron chi connectivity index (χ0n) is 13.6. The van der Waals surface area contributed by atoms with Crippen molar-refractivity contribution in [1.29, 1.82) is 0 Å². The molecule has 0 unspecified atom stereocenters. The molecule has 1 saturated carbocycles. The summed E-state index contributed by atoms with van der Waals surface area (Å²) in [5, 5.41) is 0. The minimum Gasteiger partial charge on any atom is -0.469 e. The SMILES string of the molecule is COC(=O)C1CCC2(CC1)CCN(C(=O)OC(C)(C)C)C2. The fourth-order valence-corrected chi connectivity index (χ4v) is 3.46. The molecule has 1 heterocycles. The van der Waals surface area contributed by atoms with E-state index in [-0.39, 0.29) is 23.4 Å². The molecule has 5 nitrogen and oxygen atoms in total. The minimum atomic E-state index is -0.449. The summed E-state index contributed by atoms with van der Waals surface area (Å²) >= 11 is 0. The second-order valence-corrected chi connectivity index (χ2v) is 7.45. The van der Waals surface area contributed by atoms with E-state index in [1.165, 1.54) is 7.11 Å². The molecule has 0 aromatic heterocycles. The molecular formula is C16H27NO4. The van der Waals surface area contributed by atoms with Crippen LogP contribution in [0.25, 0.3) is 0 Å². The van der Waals surface area contributed by atoms with Crippen LogP contribution in [0.5, 0.6) is 0 Å². The normalized spacial score (nSPS) is 29.5. The van der Waals surface area contributed by atoms with Gasteiger partial charge in [0.25, 0.3) is 0 Å². The molecule has 0 aromatic rings. The van der Waals surface area contributed by atoms with Gasteiger partial charge >= 0.3 is 12.1 Å². The molecule has 2 fully saturated rings. The molecule has 0 N–H and O–H groups in total. The standard InChI is InChI=1S/C16H27NO4/c1-15(2,3)21-14(19)17-10-9-16(11-17)7-5-12(6-8-16)13(18)20-4/h12H,5-11H2,1-4H3. The molecule has 1 spiro atoms. The number of hydrogen-bond donors (Lipinski definition) is 0. The first-order chi connectivity index (χ1) is 9.75. The van der Waals surface area contributed by atoms with Crippen molar-refractivity contribution in [2.24, 2.45) is 11.3 Å². The van der Waals surface area contributed by atoms with Crippen LogP contribution in [0, 0.1) is 11.3 Å². The Labute approximate surface area is 127 Å². The van der Waals surface area contributed by atoms with E-state index in [9.17, 15) is 9.59 Å². The molecule has 0 aromatic carbocycles. The van der Waals surface area contributed by atoms with Gasteiger partial charge < -0.3 is 14.4 Å². The molecule has 1 aliphatic carbocycles. The first-order valence-corrected chi connectivity index (χ1v) is 7.80. The largest absolute Gasteiger partial charge is 0.469 e. The molecule has 2 aliphatic rings. The van der Waals surface area contributed by atoms with Gasteiger partial charge in [-0.05, 0) is 58.3 Å². The summed E-state index contributed by atoms with van der Waals surface area (Å²) in [5.74, 6) is -0.0527. The van der Waals surface area contributed by atoms with Gasteiger partial charge in [-0.2, -0.15) is 0 Å². The quantitative estimate of drug-likeness (QED) is 0.698. The lowest BCUT2D eigenvalue weighted by atomic mass is 9.70. The molecule has 1 aliphatic heterocycles. The fourth-order valence-electron chi connectivity index (χ4n) is 3.46. The maximum absolute atomic E-state index is 12.1. The van der Waals surface area contributed by atoms with Crippen LogP contribution in [-0.2, 0) is 14.3 Å². The van der Waals surface area contributed by atoms with Gasteiger partial charge in [-0.3, -0.25) is 4.79 Å². The molecule has 0 bridgehead atoms. The van der Waals surface area contributed by atoms with Gasteiger partial charge in [0.2, 0.25) is 0 Å². The second-order valence-electron chi connectivity index (χ2n) is 7.45. The number of carbonyl (C=O) groups excluding carboxylic acids is 2. The summed E-state index contributed by atoms with van der Waals surface area (Å²) in [6.45, 7) is 7.18. The third-order valence-electron chi connectivity index (χ3n) is 4.67. The predicted octanol–water partition coefficient (Wildman–Crippen LogP) is 2.98. The van der Waals surface area contributed by atoms with Crippen molar-refractivity contribution in [2.75, 3.05) is 20.2 Å². The van der Waals surface area contributed by atoms with Crippen LogP contribution in [0.1, 0.15) is 52.9 Å². The first-order valence-electron chi connectivity index (χ1n) is 7.80. The van der Waals surface area contributed by atoms with E-state index in [0.29, 0.717) is 0 Å². The van der Waals surface area contributed by atoms with E-state index >= 15 is 0 Å². The van der Waals surface area contributed by atoms with Crippen LogP contribution >= 0.6 is 0 Å². The monoisotopic (exact) mass is 297 g/mol. The van der Waals surface area contributed by atoms with E-state index < -0.39 is 5.60 Å². The number of hydrogen-bond acceptors (Lipinski definition) is 4. The molecular weight excluding hydrogens is 270 g/mol. The highest BCUT2D eigenvalue weighted by Gasteiger charge is 2.44. The zero-order valence-corrected chi connectivity index (χ0v) is 13.6. The number of carbonyl (C=O) groups is 2. The van der Waals surface area contributed by atoms with Crippen molar-refractivity contribution in [3.05, 3.63) is 0 Å². The van der Waals surface area contributed by atoms with Gasteiger partial charge in [0.15, 0.2) is 0 Å². The Hall–Kier alpha value is -1.26. The van der Waals surface area contributed by atoms with Crippen molar-refractivity contribution in [3.63, 3.8) is 0 Å². The maximum Gasteiger partial charge on any atom is 0.410 e. The number of amides is 1. The Morgan fingerprint density at radius 3 is 2.29 bits per heavy atom. The molecule has 0 atom stereocenters. The van der Waals surface area contributed by atoms with E-state index in [1.54, 1.807) is 0 Å². The van der Waals surface area contributed by atoms with Crippen molar-refractivity contribution in [1.82, 2.24) is 4.90 Å². The number of methoxy groups -OCH3 is 1. The molecule has 1 saturated heterocycles. The van der Waals surface area contributed by atoms with Gasteiger partial charge in [0.05, 0.1) is 13.0 Å². The van der Waals surface area contributed by atoms with E-state index in [0.717, 1.165) is 45.2 Å². The summed E-state index contributed by atoms with van der Waals surface area (Å²) in [6.07, 6.45) is 4.52. The zero-order chi connectivity index (χ0) is 15.7. The average Bonchev–Trinajstić information content (AvgIpc) is 2.81. The average molecular weight is 297 g/mol. The van der Waals surface area contributed by atoms with E-state index in [2.05, 4.69) is 0 Å². The van der Waals surface area contributed by atoms with Gasteiger partial charge in [0.1, 0.15) is 5.60 Å². The fraction of sp³-hybridized carbons (Fsp3) is 0.875. The number of ether oxygens (including phenoxy) is 2. The predicted molar refractivity (Wildman–Crippen MR) is 78.8 cm³/mol. The number of rotatable bonds is 1. The highest BCUT2D eigenvalue weighted by Crippen LogP contribution is 2.45. The molecule has 1 amide bonds. The Kier molecular flexibility index (Phi) is 4.49. The van der Waals surface area contributed by atoms with Crippen LogP contribution in [0.3, 0.4) is 0 Å². The lowest BCUT2D eigenvalue weighted by Gasteiger charge is -2.36. The lowest BCUT2D eigenvalue weighted by Crippen LogP contribution is -2.38. The Bertz CT molecular complexity index is 405.